The van der Waals surface area contributed by atoms with Crippen LogP contribution < -0.4 is 9.46 Å². The maximum Gasteiger partial charge on any atom is 0.416 e. The highest BCUT2D eigenvalue weighted by atomic mass is 32.2. The number of alkyl halides is 3. The molecular weight excluding hydrogens is 677 g/mol. The molecule has 1 amide bonds. The summed E-state index contributed by atoms with van der Waals surface area (Å²) >= 11 is 0. The quantitative estimate of drug-likeness (QED) is 0.271. The molecule has 2 heterocycles. The number of amides is 1. The summed E-state index contributed by atoms with van der Waals surface area (Å²) in [5, 5.41) is 14.0. The Morgan fingerprint density at radius 1 is 1.12 bits per heavy atom. The lowest BCUT2D eigenvalue weighted by Crippen LogP contribution is -2.47. The molecule has 276 valence electrons. The van der Waals surface area contributed by atoms with Gasteiger partial charge in [-0.15, -0.1) is 0 Å². The van der Waals surface area contributed by atoms with E-state index in [1.165, 1.54) is 43.0 Å². The molecule has 3 aromatic rings. The largest absolute Gasteiger partial charge is 0.490 e. The van der Waals surface area contributed by atoms with Crippen molar-refractivity contribution in [2.24, 2.45) is 5.92 Å². The first-order chi connectivity index (χ1) is 23.5. The van der Waals surface area contributed by atoms with Gasteiger partial charge in [0.1, 0.15) is 11.4 Å². The fraction of sp³-hybridized carbons (Fsp3) is 0.543. The molecule has 1 aliphatic rings. The SMILES string of the molecule is Cc1noc(C)c1S(=O)(=O)Nc1ccc2c(c1)C(=O)N([C@H](C)CO)C[C@@H](C)[C@@H](CN(C)Cc1ccc(C(F)(F)F)cc1)OCCCC[C@H](C)O2. The van der Waals surface area contributed by atoms with Gasteiger partial charge in [-0.3, -0.25) is 14.4 Å². The number of aryl methyl sites for hydroxylation is 2. The molecule has 15 heteroatoms. The molecule has 0 radical (unpaired) electrons. The number of aliphatic hydroxyl groups is 1. The topological polar surface area (TPSA) is 134 Å². The monoisotopic (exact) mass is 724 g/mol. The van der Waals surface area contributed by atoms with Crippen LogP contribution in [-0.4, -0.2) is 86.0 Å². The molecule has 0 bridgehead atoms. The lowest BCUT2D eigenvalue weighted by molar-refractivity contribution is -0.137. The Hall–Kier alpha value is -3.66. The highest BCUT2D eigenvalue weighted by molar-refractivity contribution is 7.92. The molecule has 1 aromatic heterocycles. The second-order valence-corrected chi connectivity index (χ2v) is 14.8. The zero-order valence-electron chi connectivity index (χ0n) is 29.3. The molecule has 0 spiro atoms. The molecule has 2 aromatic carbocycles. The molecule has 0 unspecified atom stereocenters. The molecule has 0 aliphatic carbocycles. The number of likely N-dealkylation sites (N-methyl/N-ethyl adjacent to an activating group) is 1. The number of fused-ring (bicyclic) bond motifs is 1. The van der Waals surface area contributed by atoms with Gasteiger partial charge in [-0.2, -0.15) is 13.2 Å². The maximum atomic E-state index is 14.4. The van der Waals surface area contributed by atoms with Crippen LogP contribution >= 0.6 is 0 Å². The molecule has 0 saturated carbocycles. The number of halogens is 3. The van der Waals surface area contributed by atoms with Gasteiger partial charge < -0.3 is 24.0 Å². The molecule has 1 aliphatic heterocycles. The summed E-state index contributed by atoms with van der Waals surface area (Å²) in [6.07, 6.45) is -2.84. The minimum Gasteiger partial charge on any atom is -0.490 e. The van der Waals surface area contributed by atoms with Crippen molar-refractivity contribution in [3.05, 3.63) is 70.6 Å². The Balaban J connectivity index is 1.62. The molecule has 4 rings (SSSR count). The first-order valence-corrected chi connectivity index (χ1v) is 18.1. The first-order valence-electron chi connectivity index (χ1n) is 16.6. The van der Waals surface area contributed by atoms with E-state index < -0.39 is 33.7 Å². The summed E-state index contributed by atoms with van der Waals surface area (Å²) < 4.78 is 86.0. The van der Waals surface area contributed by atoms with E-state index in [0.717, 1.165) is 25.0 Å². The van der Waals surface area contributed by atoms with Crippen LogP contribution in [-0.2, 0) is 27.5 Å². The van der Waals surface area contributed by atoms with E-state index in [4.69, 9.17) is 14.0 Å². The molecule has 0 saturated heterocycles. The smallest absolute Gasteiger partial charge is 0.416 e. The van der Waals surface area contributed by atoms with E-state index in [2.05, 4.69) is 9.88 Å². The lowest BCUT2D eigenvalue weighted by atomic mass is 10.0. The fourth-order valence-electron chi connectivity index (χ4n) is 6.00. The maximum absolute atomic E-state index is 14.4. The van der Waals surface area contributed by atoms with Crippen LogP contribution in [0, 0.1) is 19.8 Å². The summed E-state index contributed by atoms with van der Waals surface area (Å²) in [5.41, 5.74) is 0.453. The number of nitrogens with one attached hydrogen (secondary N) is 1. The zero-order chi connectivity index (χ0) is 36.8. The number of ether oxygens (including phenoxy) is 2. The van der Waals surface area contributed by atoms with Gasteiger partial charge in [-0.05, 0) is 89.9 Å². The first kappa shape index (κ1) is 39.1. The molecule has 11 nitrogen and oxygen atoms in total. The van der Waals surface area contributed by atoms with Crippen molar-refractivity contribution in [1.82, 2.24) is 15.0 Å². The van der Waals surface area contributed by atoms with E-state index in [1.807, 2.05) is 25.8 Å². The number of rotatable bonds is 9. The molecular formula is C35H47F3N4O7S. The number of carbonyl (C=O) groups excluding carboxylic acids is 1. The van der Waals surface area contributed by atoms with Gasteiger partial charge in [-0.25, -0.2) is 8.42 Å². The van der Waals surface area contributed by atoms with Gasteiger partial charge in [0, 0.05) is 37.8 Å². The third kappa shape index (κ3) is 9.98. The van der Waals surface area contributed by atoms with Crippen LogP contribution in [0.25, 0.3) is 0 Å². The van der Waals surface area contributed by atoms with E-state index in [0.29, 0.717) is 31.7 Å². The number of carbonyl (C=O) groups is 1. The summed E-state index contributed by atoms with van der Waals surface area (Å²) in [7, 11) is -2.25. The van der Waals surface area contributed by atoms with Crippen molar-refractivity contribution >= 4 is 21.6 Å². The van der Waals surface area contributed by atoms with E-state index >= 15 is 0 Å². The Morgan fingerprint density at radius 2 is 1.82 bits per heavy atom. The van der Waals surface area contributed by atoms with Gasteiger partial charge in [0.2, 0.25) is 0 Å². The van der Waals surface area contributed by atoms with Crippen LogP contribution in [0.1, 0.15) is 73.0 Å². The predicted molar refractivity (Wildman–Crippen MR) is 181 cm³/mol. The predicted octanol–water partition coefficient (Wildman–Crippen LogP) is 6.04. The lowest BCUT2D eigenvalue weighted by Gasteiger charge is -2.36. The van der Waals surface area contributed by atoms with Crippen molar-refractivity contribution in [3.8, 4) is 5.75 Å². The standard InChI is InChI=1S/C35H47F3N4O7S/c1-22-18-42(23(2)21-43)34(44)30-17-29(40-50(45,46)33-25(4)39-49-26(33)5)14-15-31(30)48-24(3)9-7-8-16-47-32(22)20-41(6)19-27-10-12-28(13-11-27)35(36,37)38/h10-15,17,22-24,32,40,43H,7-9,16,18-21H2,1-6H3/t22-,23-,24+,32-/m1/s1. The summed E-state index contributed by atoms with van der Waals surface area (Å²) in [4.78, 5) is 17.8. The van der Waals surface area contributed by atoms with Gasteiger partial charge in [0.25, 0.3) is 15.9 Å². The second-order valence-electron chi connectivity index (χ2n) is 13.2. The third-order valence-electron chi connectivity index (χ3n) is 8.77. The highest BCUT2D eigenvalue weighted by Gasteiger charge is 2.32. The summed E-state index contributed by atoms with van der Waals surface area (Å²) in [6.45, 7) is 9.70. The number of hydrogen-bond donors (Lipinski definition) is 2. The number of anilines is 1. The van der Waals surface area contributed by atoms with Crippen LogP contribution in [0.15, 0.2) is 51.9 Å². The molecule has 2 N–H and O–H groups in total. The van der Waals surface area contributed by atoms with Gasteiger partial charge in [-0.1, -0.05) is 24.2 Å². The molecule has 4 atom stereocenters. The number of aliphatic hydroxyl groups excluding tert-OH is 1. The average molecular weight is 725 g/mol. The Morgan fingerprint density at radius 3 is 2.44 bits per heavy atom. The minimum atomic E-state index is -4.41. The number of sulfonamides is 1. The van der Waals surface area contributed by atoms with Gasteiger partial charge in [0.15, 0.2) is 10.7 Å². The van der Waals surface area contributed by atoms with E-state index in [-0.39, 0.29) is 64.6 Å². The molecule has 50 heavy (non-hydrogen) atoms. The Kier molecular flexibility index (Phi) is 13.0. The van der Waals surface area contributed by atoms with E-state index in [9.17, 15) is 31.5 Å². The van der Waals surface area contributed by atoms with Crippen molar-refractivity contribution < 1.29 is 45.5 Å². The Bertz CT molecular complexity index is 1680. The van der Waals surface area contributed by atoms with Crippen molar-refractivity contribution in [1.29, 1.82) is 0 Å². The van der Waals surface area contributed by atoms with E-state index in [1.54, 1.807) is 13.0 Å². The average Bonchev–Trinajstić information content (AvgIpc) is 3.40. The van der Waals surface area contributed by atoms with Crippen LogP contribution in [0.2, 0.25) is 0 Å². The molecule has 0 fully saturated rings. The number of aromatic nitrogens is 1. The summed E-state index contributed by atoms with van der Waals surface area (Å²) in [5.74, 6) is -0.296. The second kappa shape index (κ2) is 16.6. The normalized spacial score (nSPS) is 20.6. The highest BCUT2D eigenvalue weighted by Crippen LogP contribution is 2.31. The van der Waals surface area contributed by atoms with Crippen LogP contribution in [0.4, 0.5) is 18.9 Å². The van der Waals surface area contributed by atoms with Crippen LogP contribution in [0.5, 0.6) is 5.75 Å². The van der Waals surface area contributed by atoms with Gasteiger partial charge >= 0.3 is 6.18 Å². The van der Waals surface area contributed by atoms with Crippen molar-refractivity contribution in [2.75, 3.05) is 38.1 Å². The van der Waals surface area contributed by atoms with Gasteiger partial charge in [0.05, 0.1) is 36.0 Å². The van der Waals surface area contributed by atoms with Crippen molar-refractivity contribution in [3.63, 3.8) is 0 Å². The summed E-state index contributed by atoms with van der Waals surface area (Å²) in [6, 6.07) is 8.97. The number of benzene rings is 2. The Labute approximate surface area is 291 Å². The minimum absolute atomic E-state index is 0.0903. The zero-order valence-corrected chi connectivity index (χ0v) is 30.1. The number of hydrogen-bond acceptors (Lipinski definition) is 9. The third-order valence-corrected chi connectivity index (χ3v) is 10.4. The fourth-order valence-corrected chi connectivity index (χ4v) is 7.38. The van der Waals surface area contributed by atoms with Crippen molar-refractivity contribution in [2.45, 2.75) is 89.7 Å². The van der Waals surface area contributed by atoms with Crippen LogP contribution in [0.3, 0.4) is 0 Å². The number of nitrogens with zero attached hydrogens (tertiary/aromatic N) is 3.